The molecule has 0 atom stereocenters. The summed E-state index contributed by atoms with van der Waals surface area (Å²) in [5, 5.41) is 4.74. The third kappa shape index (κ3) is 2.79. The second-order valence-electron chi connectivity index (χ2n) is 5.74. The summed E-state index contributed by atoms with van der Waals surface area (Å²) in [6.45, 7) is 2.73. The van der Waals surface area contributed by atoms with Crippen molar-refractivity contribution < 1.29 is 13.9 Å². The van der Waals surface area contributed by atoms with E-state index < -0.39 is 0 Å². The molecule has 0 radical (unpaired) electrons. The van der Waals surface area contributed by atoms with E-state index in [2.05, 4.69) is 6.07 Å². The van der Waals surface area contributed by atoms with E-state index in [1.807, 2.05) is 47.5 Å². The molecule has 5 nitrogen and oxygen atoms in total. The zero-order valence-electron chi connectivity index (χ0n) is 13.2. The van der Waals surface area contributed by atoms with Gasteiger partial charge in [0.2, 0.25) is 6.41 Å². The molecule has 0 unspecified atom stereocenters. The fourth-order valence-corrected chi connectivity index (χ4v) is 3.01. The standard InChI is InChI=1S/C19H18N2O3/c22-14-21(20-8-11-23-12-9-20)18-4-1-15(2-5-18)16-3-6-19-17(13-16)7-10-24-19/h1-7,10,13-14H,8-9,11-12H2. The third-order valence-corrected chi connectivity index (χ3v) is 4.31. The van der Waals surface area contributed by atoms with E-state index in [1.165, 1.54) is 0 Å². The highest BCUT2D eigenvalue weighted by Gasteiger charge is 2.18. The fraction of sp³-hybridized carbons (Fsp3) is 0.211. The first-order chi connectivity index (χ1) is 11.8. The summed E-state index contributed by atoms with van der Waals surface area (Å²) in [5.41, 5.74) is 3.98. The highest BCUT2D eigenvalue weighted by atomic mass is 16.5. The summed E-state index contributed by atoms with van der Waals surface area (Å²) in [7, 11) is 0. The van der Waals surface area contributed by atoms with E-state index in [4.69, 9.17) is 9.15 Å². The molecule has 24 heavy (non-hydrogen) atoms. The molecule has 1 aromatic heterocycles. The van der Waals surface area contributed by atoms with Crippen LogP contribution in [0, 0.1) is 0 Å². The van der Waals surface area contributed by atoms with Gasteiger partial charge in [-0.25, -0.2) is 10.0 Å². The van der Waals surface area contributed by atoms with Crippen LogP contribution in [0.25, 0.3) is 22.1 Å². The minimum atomic E-state index is 0.646. The van der Waals surface area contributed by atoms with Gasteiger partial charge in [-0.3, -0.25) is 4.79 Å². The lowest BCUT2D eigenvalue weighted by atomic mass is 10.0. The van der Waals surface area contributed by atoms with Gasteiger partial charge in [-0.2, -0.15) is 0 Å². The lowest BCUT2D eigenvalue weighted by Gasteiger charge is -2.34. The normalized spacial score (nSPS) is 15.5. The molecule has 0 spiro atoms. The average Bonchev–Trinajstić information content (AvgIpc) is 3.12. The van der Waals surface area contributed by atoms with E-state index in [0.717, 1.165) is 47.3 Å². The number of amides is 1. The first kappa shape index (κ1) is 14.9. The molecule has 1 aliphatic rings. The van der Waals surface area contributed by atoms with Gasteiger partial charge in [0.1, 0.15) is 5.58 Å². The number of nitrogens with zero attached hydrogens (tertiary/aromatic N) is 2. The molecule has 0 saturated carbocycles. The minimum absolute atomic E-state index is 0.646. The SMILES string of the molecule is O=CN(c1ccc(-c2ccc3occc3c2)cc1)N1CCOCC1. The number of hydrogen-bond donors (Lipinski definition) is 0. The molecule has 5 heteroatoms. The van der Waals surface area contributed by atoms with Crippen LogP contribution in [0.1, 0.15) is 0 Å². The number of benzene rings is 2. The Balaban J connectivity index is 1.60. The van der Waals surface area contributed by atoms with Gasteiger partial charge in [0.05, 0.1) is 25.2 Å². The van der Waals surface area contributed by atoms with Crippen molar-refractivity contribution in [3.8, 4) is 11.1 Å². The monoisotopic (exact) mass is 322 g/mol. The first-order valence-electron chi connectivity index (χ1n) is 8.00. The molecular weight excluding hydrogens is 304 g/mol. The molecule has 2 heterocycles. The third-order valence-electron chi connectivity index (χ3n) is 4.31. The maximum Gasteiger partial charge on any atom is 0.228 e. The Morgan fingerprint density at radius 3 is 2.46 bits per heavy atom. The van der Waals surface area contributed by atoms with Crippen LogP contribution in [0.4, 0.5) is 5.69 Å². The number of furan rings is 1. The zero-order chi connectivity index (χ0) is 16.4. The van der Waals surface area contributed by atoms with E-state index in [9.17, 15) is 4.79 Å². The van der Waals surface area contributed by atoms with Crippen LogP contribution in [0.3, 0.4) is 0 Å². The van der Waals surface area contributed by atoms with E-state index >= 15 is 0 Å². The highest BCUT2D eigenvalue weighted by molar-refractivity contribution is 5.84. The number of hydrazine groups is 1. The molecule has 0 aliphatic carbocycles. The summed E-state index contributed by atoms with van der Waals surface area (Å²) in [6.07, 6.45) is 2.56. The number of ether oxygens (including phenoxy) is 1. The predicted molar refractivity (Wildman–Crippen MR) is 92.6 cm³/mol. The molecule has 1 amide bonds. The lowest BCUT2D eigenvalue weighted by Crippen LogP contribution is -2.48. The van der Waals surface area contributed by atoms with Crippen molar-refractivity contribution in [2.45, 2.75) is 0 Å². The van der Waals surface area contributed by atoms with E-state index in [1.54, 1.807) is 11.3 Å². The van der Waals surface area contributed by atoms with Crippen LogP contribution < -0.4 is 5.01 Å². The van der Waals surface area contributed by atoms with Gasteiger partial charge < -0.3 is 9.15 Å². The summed E-state index contributed by atoms with van der Waals surface area (Å²) in [6, 6.07) is 16.1. The van der Waals surface area contributed by atoms with Crippen molar-refractivity contribution in [3.05, 3.63) is 54.8 Å². The van der Waals surface area contributed by atoms with Gasteiger partial charge in [-0.1, -0.05) is 18.2 Å². The Hall–Kier alpha value is -2.63. The predicted octanol–water partition coefficient (Wildman–Crippen LogP) is 3.31. The van der Waals surface area contributed by atoms with Crippen molar-refractivity contribution in [3.63, 3.8) is 0 Å². The summed E-state index contributed by atoms with van der Waals surface area (Å²) < 4.78 is 10.7. The van der Waals surface area contributed by atoms with E-state index in [0.29, 0.717) is 13.2 Å². The second kappa shape index (κ2) is 6.47. The summed E-state index contributed by atoms with van der Waals surface area (Å²) in [5.74, 6) is 0. The highest BCUT2D eigenvalue weighted by Crippen LogP contribution is 2.27. The van der Waals surface area contributed by atoms with Crippen LogP contribution in [-0.2, 0) is 9.53 Å². The van der Waals surface area contributed by atoms with Crippen LogP contribution in [0.15, 0.2) is 59.2 Å². The Morgan fingerprint density at radius 1 is 0.958 bits per heavy atom. The van der Waals surface area contributed by atoms with Gasteiger partial charge >= 0.3 is 0 Å². The average molecular weight is 322 g/mol. The molecule has 3 aromatic rings. The molecule has 1 aliphatic heterocycles. The smallest absolute Gasteiger partial charge is 0.228 e. The van der Waals surface area contributed by atoms with Gasteiger partial charge in [0.25, 0.3) is 0 Å². The molecule has 122 valence electrons. The van der Waals surface area contributed by atoms with Crippen molar-refractivity contribution in [2.24, 2.45) is 0 Å². The quantitative estimate of drug-likeness (QED) is 0.691. The topological polar surface area (TPSA) is 45.9 Å². The van der Waals surface area contributed by atoms with Crippen LogP contribution in [0.5, 0.6) is 0 Å². The molecular formula is C19H18N2O3. The molecule has 0 bridgehead atoms. The maximum absolute atomic E-state index is 11.5. The Kier molecular flexibility index (Phi) is 4.02. The fourth-order valence-electron chi connectivity index (χ4n) is 3.01. The van der Waals surface area contributed by atoms with Crippen molar-refractivity contribution in [1.82, 2.24) is 5.01 Å². The Bertz CT molecular complexity index is 835. The van der Waals surface area contributed by atoms with Crippen LogP contribution >= 0.6 is 0 Å². The Labute approximate surface area is 140 Å². The van der Waals surface area contributed by atoms with Crippen molar-refractivity contribution in [2.75, 3.05) is 31.3 Å². The molecule has 0 N–H and O–H groups in total. The number of anilines is 1. The first-order valence-corrected chi connectivity index (χ1v) is 8.00. The van der Waals surface area contributed by atoms with Gasteiger partial charge in [-0.05, 0) is 41.5 Å². The number of rotatable bonds is 4. The van der Waals surface area contributed by atoms with Crippen molar-refractivity contribution in [1.29, 1.82) is 0 Å². The maximum atomic E-state index is 11.5. The number of morpholine rings is 1. The number of hydrogen-bond acceptors (Lipinski definition) is 4. The Morgan fingerprint density at radius 2 is 1.71 bits per heavy atom. The van der Waals surface area contributed by atoms with Crippen LogP contribution in [0.2, 0.25) is 0 Å². The zero-order valence-corrected chi connectivity index (χ0v) is 13.2. The van der Waals surface area contributed by atoms with Gasteiger partial charge in [0.15, 0.2) is 0 Å². The summed E-state index contributed by atoms with van der Waals surface area (Å²) >= 11 is 0. The molecule has 1 fully saturated rings. The minimum Gasteiger partial charge on any atom is -0.464 e. The summed E-state index contributed by atoms with van der Waals surface area (Å²) in [4.78, 5) is 11.5. The van der Waals surface area contributed by atoms with Crippen LogP contribution in [-0.4, -0.2) is 37.7 Å². The number of carbonyl (C=O) groups excluding carboxylic acids is 1. The molecule has 4 rings (SSSR count). The second-order valence-corrected chi connectivity index (χ2v) is 5.74. The van der Waals surface area contributed by atoms with E-state index in [-0.39, 0.29) is 0 Å². The number of fused-ring (bicyclic) bond motifs is 1. The number of carbonyl (C=O) groups is 1. The lowest BCUT2D eigenvalue weighted by molar-refractivity contribution is -0.111. The van der Waals surface area contributed by atoms with Gasteiger partial charge in [-0.15, -0.1) is 0 Å². The molecule has 1 saturated heterocycles. The largest absolute Gasteiger partial charge is 0.464 e. The molecule has 2 aromatic carbocycles. The van der Waals surface area contributed by atoms with Crippen molar-refractivity contribution >= 4 is 23.1 Å². The van der Waals surface area contributed by atoms with Gasteiger partial charge in [0, 0.05) is 18.5 Å².